The zero-order chi connectivity index (χ0) is 19.2. The summed E-state index contributed by atoms with van der Waals surface area (Å²) in [6, 6.07) is 9.23. The van der Waals surface area contributed by atoms with Crippen molar-refractivity contribution in [1.29, 1.82) is 0 Å². The fourth-order valence-corrected chi connectivity index (χ4v) is 4.71. The lowest BCUT2D eigenvalue weighted by molar-refractivity contribution is 0.102. The van der Waals surface area contributed by atoms with E-state index in [-0.39, 0.29) is 23.0 Å². The lowest BCUT2D eigenvalue weighted by Gasteiger charge is -2.25. The van der Waals surface area contributed by atoms with Gasteiger partial charge in [-0.25, -0.2) is 4.98 Å². The molecule has 0 spiro atoms. The van der Waals surface area contributed by atoms with Crippen molar-refractivity contribution in [2.75, 3.05) is 5.75 Å². The highest BCUT2D eigenvalue weighted by atomic mass is 32.2. The van der Waals surface area contributed by atoms with Crippen LogP contribution in [0, 0.1) is 12.8 Å². The van der Waals surface area contributed by atoms with Gasteiger partial charge in [-0.2, -0.15) is 0 Å². The molecule has 5 heteroatoms. The number of benzene rings is 1. The zero-order valence-electron chi connectivity index (χ0n) is 16.2. The first-order valence-electron chi connectivity index (χ1n) is 9.86. The third-order valence-electron chi connectivity index (χ3n) is 5.48. The zero-order valence-corrected chi connectivity index (χ0v) is 17.0. The van der Waals surface area contributed by atoms with E-state index < -0.39 is 0 Å². The van der Waals surface area contributed by atoms with Crippen LogP contribution >= 0.6 is 11.8 Å². The van der Waals surface area contributed by atoms with Gasteiger partial charge < -0.3 is 4.98 Å². The van der Waals surface area contributed by atoms with Crippen LogP contribution in [0.1, 0.15) is 73.0 Å². The van der Waals surface area contributed by atoms with E-state index in [4.69, 9.17) is 4.98 Å². The maximum absolute atomic E-state index is 12.4. The van der Waals surface area contributed by atoms with Crippen LogP contribution in [-0.2, 0) is 0 Å². The number of aromatic nitrogens is 2. The van der Waals surface area contributed by atoms with Crippen LogP contribution in [0.5, 0.6) is 0 Å². The molecule has 3 rings (SSSR count). The second-order valence-corrected chi connectivity index (χ2v) is 8.56. The SMILES string of the molecule is Cc1c(C(C)CC2CCCCC2)nc(SCC(=O)c2ccccc2)[nH]c1=O. The van der Waals surface area contributed by atoms with Crippen molar-refractivity contribution in [1.82, 2.24) is 9.97 Å². The Morgan fingerprint density at radius 2 is 1.93 bits per heavy atom. The van der Waals surface area contributed by atoms with Gasteiger partial charge >= 0.3 is 0 Å². The molecule has 1 N–H and O–H groups in total. The minimum absolute atomic E-state index is 0.0422. The van der Waals surface area contributed by atoms with Crippen LogP contribution < -0.4 is 5.56 Å². The molecule has 1 heterocycles. The van der Waals surface area contributed by atoms with Gasteiger partial charge in [-0.05, 0) is 25.2 Å². The topological polar surface area (TPSA) is 62.8 Å². The van der Waals surface area contributed by atoms with Crippen molar-refractivity contribution >= 4 is 17.5 Å². The molecule has 1 aliphatic carbocycles. The van der Waals surface area contributed by atoms with E-state index in [9.17, 15) is 9.59 Å². The van der Waals surface area contributed by atoms with E-state index in [0.717, 1.165) is 18.0 Å². The summed E-state index contributed by atoms with van der Waals surface area (Å²) in [7, 11) is 0. The Hall–Kier alpha value is -1.88. The second-order valence-electron chi connectivity index (χ2n) is 7.60. The molecule has 0 aliphatic heterocycles. The van der Waals surface area contributed by atoms with Crippen LogP contribution in [0.3, 0.4) is 0 Å². The number of carbonyl (C=O) groups excluding carboxylic acids is 1. The van der Waals surface area contributed by atoms with Gasteiger partial charge in [-0.3, -0.25) is 9.59 Å². The number of carbonyl (C=O) groups is 1. The summed E-state index contributed by atoms with van der Waals surface area (Å²) < 4.78 is 0. The third kappa shape index (κ3) is 5.32. The fourth-order valence-electron chi connectivity index (χ4n) is 3.95. The van der Waals surface area contributed by atoms with Crippen molar-refractivity contribution < 1.29 is 4.79 Å². The molecule has 1 atom stereocenters. The van der Waals surface area contributed by atoms with E-state index >= 15 is 0 Å². The Balaban J connectivity index is 1.69. The van der Waals surface area contributed by atoms with Crippen LogP contribution in [0.15, 0.2) is 40.3 Å². The molecule has 1 fully saturated rings. The lowest BCUT2D eigenvalue weighted by atomic mass is 9.82. The fraction of sp³-hybridized carbons (Fsp3) is 0.500. The van der Waals surface area contributed by atoms with E-state index in [2.05, 4.69) is 11.9 Å². The van der Waals surface area contributed by atoms with Crippen LogP contribution in [-0.4, -0.2) is 21.5 Å². The smallest absolute Gasteiger partial charge is 0.254 e. The molecule has 0 bridgehead atoms. The van der Waals surface area contributed by atoms with Crippen LogP contribution in [0.25, 0.3) is 0 Å². The number of hydrogen-bond acceptors (Lipinski definition) is 4. The van der Waals surface area contributed by atoms with Crippen LogP contribution in [0.4, 0.5) is 0 Å². The van der Waals surface area contributed by atoms with Crippen molar-refractivity contribution in [2.24, 2.45) is 5.92 Å². The summed E-state index contributed by atoms with van der Waals surface area (Å²) in [4.78, 5) is 32.2. The van der Waals surface area contributed by atoms with E-state index in [1.807, 2.05) is 37.3 Å². The standard InChI is InChI=1S/C22H28N2O2S/c1-15(13-17-9-5-3-6-10-17)20-16(2)21(26)24-22(23-20)27-14-19(25)18-11-7-4-8-12-18/h4,7-8,11-12,15,17H,3,5-6,9-10,13-14H2,1-2H3,(H,23,24,26). The van der Waals surface area contributed by atoms with Gasteiger partial charge in [-0.15, -0.1) is 0 Å². The van der Waals surface area contributed by atoms with E-state index in [0.29, 0.717) is 16.3 Å². The molecule has 1 aliphatic rings. The lowest BCUT2D eigenvalue weighted by Crippen LogP contribution is -2.19. The predicted octanol–water partition coefficient (Wildman–Crippen LogP) is 5.13. The van der Waals surface area contributed by atoms with Crippen molar-refractivity contribution in [3.63, 3.8) is 0 Å². The quantitative estimate of drug-likeness (QED) is 0.408. The molecule has 4 nitrogen and oxygen atoms in total. The number of ketones is 1. The maximum Gasteiger partial charge on any atom is 0.254 e. The van der Waals surface area contributed by atoms with E-state index in [1.165, 1.54) is 43.9 Å². The largest absolute Gasteiger partial charge is 0.301 e. The molecule has 1 unspecified atom stereocenters. The molecular formula is C22H28N2O2S. The number of Topliss-reactive ketones (excluding diaryl/α,β-unsaturated/α-hetero) is 1. The van der Waals surface area contributed by atoms with Gasteiger partial charge in [0.2, 0.25) is 0 Å². The molecule has 1 saturated carbocycles. The summed E-state index contributed by atoms with van der Waals surface area (Å²) in [5.41, 5.74) is 2.19. The van der Waals surface area contributed by atoms with Gasteiger partial charge in [-0.1, -0.05) is 81.1 Å². The van der Waals surface area contributed by atoms with Gasteiger partial charge in [0.05, 0.1) is 11.4 Å². The molecule has 0 saturated heterocycles. The number of nitrogens with one attached hydrogen (secondary N) is 1. The molecular weight excluding hydrogens is 356 g/mol. The first-order chi connectivity index (χ1) is 13.0. The summed E-state index contributed by atoms with van der Waals surface area (Å²) in [5, 5.41) is 0.542. The van der Waals surface area contributed by atoms with Gasteiger partial charge in [0.25, 0.3) is 5.56 Å². The summed E-state index contributed by atoms with van der Waals surface area (Å²) >= 11 is 1.31. The van der Waals surface area contributed by atoms with Gasteiger partial charge in [0.15, 0.2) is 10.9 Å². The number of nitrogens with zero attached hydrogens (tertiary/aromatic N) is 1. The predicted molar refractivity (Wildman–Crippen MR) is 111 cm³/mol. The molecule has 1 aromatic heterocycles. The molecule has 144 valence electrons. The van der Waals surface area contributed by atoms with Crippen LogP contribution in [0.2, 0.25) is 0 Å². The molecule has 0 amide bonds. The Morgan fingerprint density at radius 3 is 2.63 bits per heavy atom. The Kier molecular flexibility index (Phi) is 6.89. The average molecular weight is 385 g/mol. The molecule has 1 aromatic carbocycles. The average Bonchev–Trinajstić information content (AvgIpc) is 2.69. The Bertz CT molecular complexity index is 826. The summed E-state index contributed by atoms with van der Waals surface area (Å²) in [6.07, 6.45) is 7.66. The number of thioether (sulfide) groups is 1. The number of hydrogen-bond donors (Lipinski definition) is 1. The highest BCUT2D eigenvalue weighted by Crippen LogP contribution is 2.33. The first-order valence-corrected chi connectivity index (χ1v) is 10.8. The van der Waals surface area contributed by atoms with Crippen molar-refractivity contribution in [2.45, 2.75) is 63.4 Å². The minimum atomic E-state index is -0.0924. The molecule has 2 aromatic rings. The van der Waals surface area contributed by atoms with E-state index in [1.54, 1.807) is 0 Å². The van der Waals surface area contributed by atoms with Crippen molar-refractivity contribution in [3.05, 3.63) is 57.5 Å². The first kappa shape index (κ1) is 19.9. The maximum atomic E-state index is 12.4. The second kappa shape index (κ2) is 9.36. The molecule has 27 heavy (non-hydrogen) atoms. The number of aromatic amines is 1. The van der Waals surface area contributed by atoms with Crippen molar-refractivity contribution in [3.8, 4) is 0 Å². The highest BCUT2D eigenvalue weighted by molar-refractivity contribution is 7.99. The van der Waals surface area contributed by atoms with Gasteiger partial charge in [0, 0.05) is 11.1 Å². The number of rotatable bonds is 7. The minimum Gasteiger partial charge on any atom is -0.301 e. The molecule has 0 radical (unpaired) electrons. The highest BCUT2D eigenvalue weighted by Gasteiger charge is 2.21. The summed E-state index contributed by atoms with van der Waals surface area (Å²) in [6.45, 7) is 4.02. The third-order valence-corrected chi connectivity index (χ3v) is 6.35. The monoisotopic (exact) mass is 384 g/mol. The Labute approximate surface area is 165 Å². The number of H-pyrrole nitrogens is 1. The summed E-state index contributed by atoms with van der Waals surface area (Å²) in [5.74, 6) is 1.32. The van der Waals surface area contributed by atoms with Gasteiger partial charge in [0.1, 0.15) is 0 Å². The normalized spacial score (nSPS) is 16.2. The Morgan fingerprint density at radius 1 is 1.22 bits per heavy atom.